The topological polar surface area (TPSA) is 55.2 Å². The number of aromatic nitrogens is 2. The molecular weight excluding hydrogens is 178 g/mol. The minimum absolute atomic E-state index is 0.201. The molecule has 68 valence electrons. The SMILES string of the molecule is CN(C)S(=O)(=O)c1ccnn1C. The van der Waals surface area contributed by atoms with Crippen LogP contribution in [0.2, 0.25) is 0 Å². The Morgan fingerprint density at radius 1 is 1.50 bits per heavy atom. The third-order valence-corrected chi connectivity index (χ3v) is 3.41. The Labute approximate surface area is 71.7 Å². The summed E-state index contributed by atoms with van der Waals surface area (Å²) in [6, 6.07) is 1.47. The number of rotatable bonds is 2. The van der Waals surface area contributed by atoms with Gasteiger partial charge in [-0.25, -0.2) is 12.7 Å². The molecule has 0 aliphatic rings. The van der Waals surface area contributed by atoms with Crippen molar-refractivity contribution in [3.63, 3.8) is 0 Å². The van der Waals surface area contributed by atoms with Crippen molar-refractivity contribution >= 4 is 10.0 Å². The lowest BCUT2D eigenvalue weighted by molar-refractivity contribution is 0.506. The fourth-order valence-corrected chi connectivity index (χ4v) is 1.79. The lowest BCUT2D eigenvalue weighted by Gasteiger charge is -2.10. The van der Waals surface area contributed by atoms with Crippen LogP contribution in [0.25, 0.3) is 0 Å². The molecule has 0 amide bonds. The van der Waals surface area contributed by atoms with Crippen LogP contribution in [0, 0.1) is 0 Å². The molecule has 0 saturated carbocycles. The lowest BCUT2D eigenvalue weighted by atomic mass is 10.7. The highest BCUT2D eigenvalue weighted by atomic mass is 32.2. The van der Waals surface area contributed by atoms with Crippen molar-refractivity contribution in [3.05, 3.63) is 12.3 Å². The third-order valence-electron chi connectivity index (χ3n) is 1.52. The van der Waals surface area contributed by atoms with Crippen LogP contribution in [0.3, 0.4) is 0 Å². The molecule has 0 spiro atoms. The molecule has 0 atom stereocenters. The average molecular weight is 189 g/mol. The molecule has 1 aromatic rings. The summed E-state index contributed by atoms with van der Waals surface area (Å²) in [7, 11) is 1.24. The van der Waals surface area contributed by atoms with Crippen molar-refractivity contribution in [1.82, 2.24) is 14.1 Å². The molecule has 0 radical (unpaired) electrons. The Morgan fingerprint density at radius 3 is 2.42 bits per heavy atom. The van der Waals surface area contributed by atoms with Gasteiger partial charge in [0.1, 0.15) is 0 Å². The molecule has 12 heavy (non-hydrogen) atoms. The van der Waals surface area contributed by atoms with Gasteiger partial charge in [-0.1, -0.05) is 0 Å². The maximum absolute atomic E-state index is 11.5. The van der Waals surface area contributed by atoms with Crippen molar-refractivity contribution in [2.75, 3.05) is 14.1 Å². The van der Waals surface area contributed by atoms with Gasteiger partial charge in [0.15, 0.2) is 5.03 Å². The Morgan fingerprint density at radius 2 is 2.08 bits per heavy atom. The molecule has 0 unspecified atom stereocenters. The van der Waals surface area contributed by atoms with E-state index in [1.165, 1.54) is 31.0 Å². The highest BCUT2D eigenvalue weighted by molar-refractivity contribution is 7.89. The summed E-state index contributed by atoms with van der Waals surface area (Å²) in [4.78, 5) is 0. The van der Waals surface area contributed by atoms with Gasteiger partial charge in [-0.3, -0.25) is 4.68 Å². The second kappa shape index (κ2) is 2.87. The summed E-state index contributed by atoms with van der Waals surface area (Å²) in [6.07, 6.45) is 1.45. The molecule has 0 aliphatic heterocycles. The fraction of sp³-hybridized carbons (Fsp3) is 0.500. The zero-order valence-electron chi connectivity index (χ0n) is 7.22. The maximum Gasteiger partial charge on any atom is 0.259 e. The van der Waals surface area contributed by atoms with Crippen molar-refractivity contribution in [3.8, 4) is 0 Å². The van der Waals surface area contributed by atoms with Crippen LogP contribution in [-0.4, -0.2) is 36.6 Å². The van der Waals surface area contributed by atoms with Crippen LogP contribution < -0.4 is 0 Å². The van der Waals surface area contributed by atoms with E-state index < -0.39 is 10.0 Å². The molecule has 0 N–H and O–H groups in total. The van der Waals surface area contributed by atoms with Gasteiger partial charge in [-0.2, -0.15) is 5.10 Å². The molecule has 6 heteroatoms. The molecule has 0 bridgehead atoms. The number of nitrogens with zero attached hydrogens (tertiary/aromatic N) is 3. The molecular formula is C6H11N3O2S. The molecule has 0 aliphatic carbocycles. The first-order chi connectivity index (χ1) is 5.46. The average Bonchev–Trinajstić information content (AvgIpc) is 2.35. The molecule has 1 heterocycles. The summed E-state index contributed by atoms with van der Waals surface area (Å²) in [5.41, 5.74) is 0. The predicted molar refractivity (Wildman–Crippen MR) is 44.1 cm³/mol. The predicted octanol–water partition coefficient (Wildman–Crippen LogP) is -0.330. The normalized spacial score (nSPS) is 12.3. The van der Waals surface area contributed by atoms with Crippen molar-refractivity contribution in [2.24, 2.45) is 7.05 Å². The summed E-state index contributed by atoms with van der Waals surface area (Å²) in [5, 5.41) is 3.98. The van der Waals surface area contributed by atoms with Crippen LogP contribution in [0.15, 0.2) is 17.3 Å². The second-order valence-corrected chi connectivity index (χ2v) is 4.68. The number of sulfonamides is 1. The van der Waals surface area contributed by atoms with E-state index in [4.69, 9.17) is 0 Å². The van der Waals surface area contributed by atoms with Gasteiger partial charge in [-0.15, -0.1) is 0 Å². The van der Waals surface area contributed by atoms with E-state index in [1.807, 2.05) is 0 Å². The van der Waals surface area contributed by atoms with E-state index in [0.717, 1.165) is 4.31 Å². The van der Waals surface area contributed by atoms with Crippen LogP contribution in [-0.2, 0) is 17.1 Å². The number of hydrogen-bond acceptors (Lipinski definition) is 3. The van der Waals surface area contributed by atoms with Crippen LogP contribution in [0.5, 0.6) is 0 Å². The highest BCUT2D eigenvalue weighted by Crippen LogP contribution is 2.09. The molecule has 0 fully saturated rings. The smallest absolute Gasteiger partial charge is 0.256 e. The van der Waals surface area contributed by atoms with E-state index in [1.54, 1.807) is 7.05 Å². The summed E-state index contributed by atoms with van der Waals surface area (Å²) < 4.78 is 25.4. The molecule has 1 rings (SSSR count). The van der Waals surface area contributed by atoms with Gasteiger partial charge in [0, 0.05) is 21.1 Å². The quantitative estimate of drug-likeness (QED) is 0.640. The van der Waals surface area contributed by atoms with E-state index in [2.05, 4.69) is 5.10 Å². The standard InChI is InChI=1S/C6H11N3O2S/c1-8(2)12(10,11)6-4-5-7-9(6)3/h4-5H,1-3H3. The van der Waals surface area contributed by atoms with Gasteiger partial charge in [0.25, 0.3) is 10.0 Å². The molecule has 5 nitrogen and oxygen atoms in total. The number of aryl methyl sites for hydroxylation is 1. The van der Waals surface area contributed by atoms with Crippen LogP contribution in [0.1, 0.15) is 0 Å². The minimum Gasteiger partial charge on any atom is -0.256 e. The van der Waals surface area contributed by atoms with Gasteiger partial charge in [0.05, 0.1) is 6.20 Å². The first-order valence-corrected chi connectivity index (χ1v) is 4.81. The van der Waals surface area contributed by atoms with Crippen LogP contribution in [0.4, 0.5) is 0 Å². The fourth-order valence-electron chi connectivity index (χ4n) is 0.802. The van der Waals surface area contributed by atoms with Gasteiger partial charge in [0.2, 0.25) is 0 Å². The third kappa shape index (κ3) is 1.35. The molecule has 0 aromatic carbocycles. The molecule has 0 saturated heterocycles. The van der Waals surface area contributed by atoms with Gasteiger partial charge in [-0.05, 0) is 6.07 Å². The van der Waals surface area contributed by atoms with Gasteiger partial charge < -0.3 is 0 Å². The summed E-state index contributed by atoms with van der Waals surface area (Å²) in [6.45, 7) is 0. The summed E-state index contributed by atoms with van der Waals surface area (Å²) >= 11 is 0. The Balaban J connectivity index is 3.24. The monoisotopic (exact) mass is 189 g/mol. The highest BCUT2D eigenvalue weighted by Gasteiger charge is 2.19. The van der Waals surface area contributed by atoms with Crippen molar-refractivity contribution in [2.45, 2.75) is 5.03 Å². The largest absolute Gasteiger partial charge is 0.259 e. The Kier molecular flexibility index (Phi) is 2.20. The van der Waals surface area contributed by atoms with E-state index in [9.17, 15) is 8.42 Å². The van der Waals surface area contributed by atoms with E-state index in [-0.39, 0.29) is 5.03 Å². The summed E-state index contributed by atoms with van der Waals surface area (Å²) in [5.74, 6) is 0. The van der Waals surface area contributed by atoms with Crippen LogP contribution >= 0.6 is 0 Å². The molecule has 1 aromatic heterocycles. The first kappa shape index (κ1) is 9.21. The maximum atomic E-state index is 11.5. The Hall–Kier alpha value is -0.880. The van der Waals surface area contributed by atoms with Crippen molar-refractivity contribution in [1.29, 1.82) is 0 Å². The van der Waals surface area contributed by atoms with E-state index in [0.29, 0.717) is 0 Å². The first-order valence-electron chi connectivity index (χ1n) is 3.37. The van der Waals surface area contributed by atoms with Crippen molar-refractivity contribution < 1.29 is 8.42 Å². The van der Waals surface area contributed by atoms with E-state index >= 15 is 0 Å². The number of hydrogen-bond donors (Lipinski definition) is 0. The minimum atomic E-state index is -3.33. The Bertz CT molecular complexity index is 366. The second-order valence-electron chi connectivity index (χ2n) is 2.58. The lowest BCUT2D eigenvalue weighted by Crippen LogP contribution is -2.24. The zero-order chi connectivity index (χ0) is 9.35. The van der Waals surface area contributed by atoms with Gasteiger partial charge >= 0.3 is 0 Å². The zero-order valence-corrected chi connectivity index (χ0v) is 8.04.